The summed E-state index contributed by atoms with van der Waals surface area (Å²) >= 11 is 0. The first-order chi connectivity index (χ1) is 26.3. The maximum Gasteiger partial charge on any atom is 0.109 e. The van der Waals surface area contributed by atoms with E-state index in [0.29, 0.717) is 35.0 Å². The number of hydrogen-bond donors (Lipinski definition) is 2. The lowest BCUT2D eigenvalue weighted by molar-refractivity contribution is 0.0588. The largest absolute Gasteiger partial charge is 0.357 e. The molecular weight excluding hydrogens is 655 g/mol. The number of nitrogens with zero attached hydrogens (tertiary/aromatic N) is 1. The van der Waals surface area contributed by atoms with Crippen LogP contribution >= 0.6 is 0 Å². The molecule has 2 fully saturated rings. The Kier molecular flexibility index (Phi) is 11.1. The molecule has 16 unspecified atom stereocenters. The molecule has 0 aromatic heterocycles. The number of aliphatic imine (C=N–C) groups is 1. The van der Waals surface area contributed by atoms with E-state index < -0.39 is 0 Å². The molecule has 1 aliphatic heterocycles. The predicted octanol–water partition coefficient (Wildman–Crippen LogP) is 12.4. The first kappa shape index (κ1) is 37.4. The van der Waals surface area contributed by atoms with Gasteiger partial charge >= 0.3 is 0 Å². The van der Waals surface area contributed by atoms with Crippen LogP contribution < -0.4 is 10.6 Å². The second-order valence-electron chi connectivity index (χ2n) is 21.0. The van der Waals surface area contributed by atoms with Crippen LogP contribution in [0.4, 0.5) is 0 Å². The van der Waals surface area contributed by atoms with Crippen molar-refractivity contribution in [3.8, 4) is 0 Å². The van der Waals surface area contributed by atoms with E-state index in [9.17, 15) is 0 Å². The van der Waals surface area contributed by atoms with E-state index in [1.807, 2.05) is 0 Å². The van der Waals surface area contributed by atoms with Gasteiger partial charge in [-0.05, 0) is 160 Å². The monoisotopic (exact) mass is 730 g/mol. The zero-order valence-electron chi connectivity index (χ0n) is 34.6. The zero-order valence-corrected chi connectivity index (χ0v) is 34.6. The smallest absolute Gasteiger partial charge is 0.109 e. The SMILES string of the molecule is CC1C=CC2C(C)CC(C3(C)C=CC(C4=NC(C5C=CC(C6=CCC7C=CCCC7C6)CC5)NC(C5C=CC(C6CCCCC6)CC5C)N4)CC3)CC2C1. The van der Waals surface area contributed by atoms with Gasteiger partial charge < -0.3 is 5.32 Å². The van der Waals surface area contributed by atoms with Crippen LogP contribution in [0.1, 0.15) is 137 Å². The van der Waals surface area contributed by atoms with Crippen LogP contribution in [-0.2, 0) is 0 Å². The summed E-state index contributed by atoms with van der Waals surface area (Å²) in [6, 6.07) is 0. The highest BCUT2D eigenvalue weighted by Gasteiger charge is 2.45. The summed E-state index contributed by atoms with van der Waals surface area (Å²) in [6.07, 6.45) is 51.9. The fourth-order valence-corrected chi connectivity index (χ4v) is 13.8. The van der Waals surface area contributed by atoms with E-state index in [2.05, 4.69) is 105 Å². The minimum atomic E-state index is 0.160. The van der Waals surface area contributed by atoms with E-state index in [1.54, 1.807) is 5.57 Å². The van der Waals surface area contributed by atoms with Crippen molar-refractivity contribution < 1.29 is 0 Å². The Bertz CT molecular complexity index is 1540. The van der Waals surface area contributed by atoms with Crippen LogP contribution in [0.5, 0.6) is 0 Å². The Morgan fingerprint density at radius 1 is 0.667 bits per heavy atom. The third-order valence-corrected chi connectivity index (χ3v) is 17.3. The normalized spacial score (nSPS) is 48.0. The van der Waals surface area contributed by atoms with Crippen molar-refractivity contribution >= 4 is 5.84 Å². The molecule has 0 aromatic rings. The van der Waals surface area contributed by atoms with Gasteiger partial charge in [-0.1, -0.05) is 119 Å². The highest BCUT2D eigenvalue weighted by atomic mass is 15.3. The van der Waals surface area contributed by atoms with Crippen molar-refractivity contribution in [2.75, 3.05) is 0 Å². The van der Waals surface area contributed by atoms with E-state index in [1.165, 1.54) is 115 Å². The molecule has 0 bridgehead atoms. The average Bonchev–Trinajstić information content (AvgIpc) is 3.21. The lowest BCUT2D eigenvalue weighted by Crippen LogP contribution is -2.61. The molecular formula is C51H75N3. The summed E-state index contributed by atoms with van der Waals surface area (Å²) in [6.45, 7) is 10.1. The van der Waals surface area contributed by atoms with Gasteiger partial charge in [0.1, 0.15) is 12.0 Å². The first-order valence-corrected chi connectivity index (χ1v) is 23.5. The summed E-state index contributed by atoms with van der Waals surface area (Å²) < 4.78 is 0. The lowest BCUT2D eigenvalue weighted by Gasteiger charge is -2.49. The molecule has 1 heterocycles. The van der Waals surface area contributed by atoms with Gasteiger partial charge in [-0.3, -0.25) is 10.3 Å². The van der Waals surface area contributed by atoms with Gasteiger partial charge in [0.2, 0.25) is 0 Å². The second-order valence-corrected chi connectivity index (χ2v) is 21.0. The molecule has 0 radical (unpaired) electrons. The van der Waals surface area contributed by atoms with Crippen LogP contribution in [0.25, 0.3) is 0 Å². The Morgan fingerprint density at radius 3 is 2.30 bits per heavy atom. The molecule has 8 aliphatic carbocycles. The molecule has 2 saturated carbocycles. The fraction of sp³-hybridized carbons (Fsp3) is 0.745. The number of nitrogens with one attached hydrogen (secondary N) is 2. The van der Waals surface area contributed by atoms with Crippen molar-refractivity contribution in [3.63, 3.8) is 0 Å². The van der Waals surface area contributed by atoms with E-state index in [4.69, 9.17) is 4.99 Å². The molecule has 0 aromatic carbocycles. The molecule has 3 nitrogen and oxygen atoms in total. The van der Waals surface area contributed by atoms with Crippen molar-refractivity contribution in [2.24, 2.45) is 93.3 Å². The van der Waals surface area contributed by atoms with Crippen molar-refractivity contribution in [2.45, 2.75) is 149 Å². The lowest BCUT2D eigenvalue weighted by atomic mass is 9.56. The number of rotatable bonds is 6. The minimum Gasteiger partial charge on any atom is -0.357 e. The Balaban J connectivity index is 0.924. The Labute approximate surface area is 330 Å². The van der Waals surface area contributed by atoms with Crippen molar-refractivity contribution in [3.05, 3.63) is 72.4 Å². The first-order valence-electron chi connectivity index (χ1n) is 23.5. The van der Waals surface area contributed by atoms with Crippen LogP contribution in [0, 0.1) is 88.3 Å². The fourth-order valence-electron chi connectivity index (χ4n) is 13.8. The second kappa shape index (κ2) is 16.0. The predicted molar refractivity (Wildman–Crippen MR) is 228 cm³/mol. The van der Waals surface area contributed by atoms with Gasteiger partial charge in [0.05, 0.1) is 6.17 Å². The minimum absolute atomic E-state index is 0.160. The third kappa shape index (κ3) is 7.76. The average molecular weight is 730 g/mol. The van der Waals surface area contributed by atoms with E-state index >= 15 is 0 Å². The van der Waals surface area contributed by atoms with Gasteiger partial charge in [-0.15, -0.1) is 0 Å². The van der Waals surface area contributed by atoms with Crippen LogP contribution in [-0.4, -0.2) is 18.2 Å². The number of hydrogen-bond acceptors (Lipinski definition) is 3. The van der Waals surface area contributed by atoms with E-state index in [-0.39, 0.29) is 12.3 Å². The quantitative estimate of drug-likeness (QED) is 0.267. The maximum absolute atomic E-state index is 5.65. The Morgan fingerprint density at radius 2 is 1.50 bits per heavy atom. The topological polar surface area (TPSA) is 36.4 Å². The molecule has 0 amide bonds. The molecule has 54 heavy (non-hydrogen) atoms. The number of allylic oxidation sites excluding steroid dienone is 9. The van der Waals surface area contributed by atoms with E-state index in [0.717, 1.165) is 53.3 Å². The zero-order chi connectivity index (χ0) is 36.8. The van der Waals surface area contributed by atoms with Crippen LogP contribution in [0.3, 0.4) is 0 Å². The van der Waals surface area contributed by atoms with Crippen LogP contribution in [0.2, 0.25) is 0 Å². The van der Waals surface area contributed by atoms with Crippen LogP contribution in [0.15, 0.2) is 77.4 Å². The molecule has 3 heteroatoms. The van der Waals surface area contributed by atoms with Gasteiger partial charge in [0, 0.05) is 17.8 Å². The summed E-state index contributed by atoms with van der Waals surface area (Å²) in [5.41, 5.74) is 2.05. The third-order valence-electron chi connectivity index (χ3n) is 17.3. The highest BCUT2D eigenvalue weighted by molar-refractivity contribution is 5.87. The molecule has 0 saturated heterocycles. The summed E-state index contributed by atoms with van der Waals surface area (Å²) in [7, 11) is 0. The van der Waals surface area contributed by atoms with Gasteiger partial charge in [-0.2, -0.15) is 0 Å². The van der Waals surface area contributed by atoms with Crippen molar-refractivity contribution in [1.82, 2.24) is 10.6 Å². The molecule has 0 spiro atoms. The summed E-state index contributed by atoms with van der Waals surface area (Å²) in [5.74, 6) is 11.4. The summed E-state index contributed by atoms with van der Waals surface area (Å²) in [4.78, 5) is 5.65. The maximum atomic E-state index is 5.65. The number of fused-ring (bicyclic) bond motifs is 2. The highest BCUT2D eigenvalue weighted by Crippen LogP contribution is 2.53. The molecule has 9 aliphatic rings. The molecule has 294 valence electrons. The Hall–Kier alpha value is -2.13. The molecule has 9 rings (SSSR count). The molecule has 2 N–H and O–H groups in total. The van der Waals surface area contributed by atoms with Gasteiger partial charge in [-0.25, -0.2) is 0 Å². The standard InChI is InChI=1S/C51H75N3/c1-33-14-22-46-35(3)30-45(32-44(46)28-33)51(4)26-24-40(25-27-51)49-52-48(39-18-15-38(16-19-39)43-20-17-37-12-8-9-13-41(37)31-43)53-50(54-49)47-23-21-42(29-34(47)2)36-10-6-5-7-11-36/h8,12,14-15,18,20-24,26,33-42,44-48,50,53H,5-7,9-11,13,16-17,19,25,27-32H2,1-4H3,(H,52,54). The van der Waals surface area contributed by atoms with Gasteiger partial charge in [0.15, 0.2) is 0 Å². The summed E-state index contributed by atoms with van der Waals surface area (Å²) in [5, 5.41) is 8.29. The van der Waals surface area contributed by atoms with Crippen molar-refractivity contribution in [1.29, 1.82) is 0 Å². The number of amidine groups is 1. The van der Waals surface area contributed by atoms with Gasteiger partial charge in [0.25, 0.3) is 0 Å². The molecule has 16 atom stereocenters.